The van der Waals surface area contributed by atoms with Crippen molar-refractivity contribution in [2.24, 2.45) is 7.05 Å². The molecule has 1 heterocycles. The Kier molecular flexibility index (Phi) is 3.67. The zero-order valence-corrected chi connectivity index (χ0v) is 12.2. The van der Waals surface area contributed by atoms with Crippen molar-refractivity contribution in [3.05, 3.63) is 71.7 Å². The number of hydrogen-bond donors (Lipinski definition) is 1. The fourth-order valence-electron chi connectivity index (χ4n) is 2.96. The number of aliphatic carboxylic acids is 1. The molecule has 1 atom stereocenters. The van der Waals surface area contributed by atoms with Crippen LogP contribution in [0.2, 0.25) is 0 Å². The minimum Gasteiger partial charge on any atom is -0.481 e. The van der Waals surface area contributed by atoms with E-state index in [4.69, 9.17) is 0 Å². The van der Waals surface area contributed by atoms with Crippen molar-refractivity contribution in [2.75, 3.05) is 0 Å². The van der Waals surface area contributed by atoms with Gasteiger partial charge in [0, 0.05) is 30.1 Å². The maximum absolute atomic E-state index is 13.5. The molecule has 4 heteroatoms. The van der Waals surface area contributed by atoms with Crippen LogP contribution in [0.3, 0.4) is 0 Å². The number of carbonyl (C=O) groups is 1. The number of para-hydroxylation sites is 1. The van der Waals surface area contributed by atoms with E-state index in [1.807, 2.05) is 42.1 Å². The first-order chi connectivity index (χ1) is 10.6. The third-order valence-electron chi connectivity index (χ3n) is 3.93. The fraction of sp³-hybridized carbons (Fsp3) is 0.167. The summed E-state index contributed by atoms with van der Waals surface area (Å²) in [5.74, 6) is -1.63. The van der Waals surface area contributed by atoms with E-state index in [0.717, 1.165) is 16.5 Å². The second-order valence-electron chi connectivity index (χ2n) is 5.42. The molecular formula is C18H16FNO2. The van der Waals surface area contributed by atoms with Crippen LogP contribution in [0.5, 0.6) is 0 Å². The molecule has 0 aliphatic carbocycles. The normalized spacial score (nSPS) is 12.5. The largest absolute Gasteiger partial charge is 0.481 e. The summed E-state index contributed by atoms with van der Waals surface area (Å²) in [6.07, 6.45) is 1.86. The molecule has 112 valence electrons. The lowest BCUT2D eigenvalue weighted by Gasteiger charge is -2.15. The lowest BCUT2D eigenvalue weighted by Crippen LogP contribution is -2.08. The molecule has 2 aromatic carbocycles. The molecule has 3 aromatic rings. The van der Waals surface area contributed by atoms with Crippen molar-refractivity contribution in [2.45, 2.75) is 12.3 Å². The number of carboxylic acids is 1. The second-order valence-corrected chi connectivity index (χ2v) is 5.42. The molecule has 0 aliphatic heterocycles. The monoisotopic (exact) mass is 297 g/mol. The summed E-state index contributed by atoms with van der Waals surface area (Å²) in [5.41, 5.74) is 2.62. The first-order valence-corrected chi connectivity index (χ1v) is 7.07. The number of aromatic nitrogens is 1. The summed E-state index contributed by atoms with van der Waals surface area (Å²) in [7, 11) is 1.93. The summed E-state index contributed by atoms with van der Waals surface area (Å²) in [6, 6.07) is 14.0. The Balaban J connectivity index is 2.18. The van der Waals surface area contributed by atoms with E-state index in [1.54, 1.807) is 12.1 Å². The summed E-state index contributed by atoms with van der Waals surface area (Å²) in [4.78, 5) is 11.3. The van der Waals surface area contributed by atoms with Gasteiger partial charge in [0.05, 0.1) is 6.42 Å². The maximum Gasteiger partial charge on any atom is 0.304 e. The van der Waals surface area contributed by atoms with Crippen LogP contribution >= 0.6 is 0 Å². The minimum atomic E-state index is -0.901. The van der Waals surface area contributed by atoms with Gasteiger partial charge in [-0.05, 0) is 29.3 Å². The van der Waals surface area contributed by atoms with Crippen LogP contribution in [-0.4, -0.2) is 15.6 Å². The Morgan fingerprint density at radius 1 is 1.23 bits per heavy atom. The van der Waals surface area contributed by atoms with E-state index in [0.29, 0.717) is 5.56 Å². The quantitative estimate of drug-likeness (QED) is 0.793. The molecule has 0 saturated heterocycles. The number of benzene rings is 2. The summed E-state index contributed by atoms with van der Waals surface area (Å²) < 4.78 is 15.5. The maximum atomic E-state index is 13.5. The molecule has 0 radical (unpaired) electrons. The van der Waals surface area contributed by atoms with E-state index in [2.05, 4.69) is 0 Å². The van der Waals surface area contributed by atoms with Gasteiger partial charge in [0.2, 0.25) is 0 Å². The van der Waals surface area contributed by atoms with Crippen molar-refractivity contribution in [3.8, 4) is 0 Å². The Labute approximate surface area is 127 Å². The van der Waals surface area contributed by atoms with Gasteiger partial charge >= 0.3 is 5.97 Å². The minimum absolute atomic E-state index is 0.0720. The van der Waals surface area contributed by atoms with Crippen LogP contribution < -0.4 is 0 Å². The van der Waals surface area contributed by atoms with E-state index in [-0.39, 0.29) is 18.2 Å². The Hall–Kier alpha value is -2.62. The molecule has 0 saturated carbocycles. The number of fused-ring (bicyclic) bond motifs is 1. The van der Waals surface area contributed by atoms with Gasteiger partial charge in [-0.1, -0.05) is 30.3 Å². The number of hydrogen-bond acceptors (Lipinski definition) is 1. The van der Waals surface area contributed by atoms with Crippen molar-refractivity contribution >= 4 is 16.9 Å². The SMILES string of the molecule is Cn1cc([C@H](CC(=O)O)c2cccc(F)c2)c2ccccc21. The highest BCUT2D eigenvalue weighted by molar-refractivity contribution is 5.85. The standard InChI is InChI=1S/C18H16FNO2/c1-20-11-16(14-7-2-3-8-17(14)20)15(10-18(21)22)12-5-4-6-13(19)9-12/h2-9,11,15H,10H2,1H3,(H,21,22)/t15-/m1/s1. The van der Waals surface area contributed by atoms with Crippen molar-refractivity contribution in [1.29, 1.82) is 0 Å². The first-order valence-electron chi connectivity index (χ1n) is 7.07. The van der Waals surface area contributed by atoms with E-state index in [9.17, 15) is 14.3 Å². The molecule has 0 aliphatic rings. The molecule has 0 amide bonds. The molecule has 0 spiro atoms. The highest BCUT2D eigenvalue weighted by Crippen LogP contribution is 2.34. The van der Waals surface area contributed by atoms with Gasteiger partial charge in [-0.15, -0.1) is 0 Å². The van der Waals surface area contributed by atoms with Crippen LogP contribution in [0.1, 0.15) is 23.5 Å². The Morgan fingerprint density at radius 2 is 2.00 bits per heavy atom. The lowest BCUT2D eigenvalue weighted by atomic mass is 9.88. The molecular weight excluding hydrogens is 281 g/mol. The lowest BCUT2D eigenvalue weighted by molar-refractivity contribution is -0.137. The van der Waals surface area contributed by atoms with Crippen LogP contribution in [0, 0.1) is 5.82 Å². The topological polar surface area (TPSA) is 42.2 Å². The van der Waals surface area contributed by atoms with Gasteiger partial charge in [-0.25, -0.2) is 4.39 Å². The summed E-state index contributed by atoms with van der Waals surface area (Å²) in [5, 5.41) is 10.3. The summed E-state index contributed by atoms with van der Waals surface area (Å²) >= 11 is 0. The molecule has 3 rings (SSSR count). The highest BCUT2D eigenvalue weighted by atomic mass is 19.1. The highest BCUT2D eigenvalue weighted by Gasteiger charge is 2.22. The first kappa shape index (κ1) is 14.3. The predicted molar refractivity (Wildman–Crippen MR) is 83.4 cm³/mol. The van der Waals surface area contributed by atoms with E-state index in [1.165, 1.54) is 12.1 Å². The van der Waals surface area contributed by atoms with Gasteiger partial charge in [0.1, 0.15) is 5.82 Å². The van der Waals surface area contributed by atoms with Gasteiger partial charge in [-0.2, -0.15) is 0 Å². The molecule has 1 aromatic heterocycles. The molecule has 0 bridgehead atoms. The van der Waals surface area contributed by atoms with Gasteiger partial charge < -0.3 is 9.67 Å². The molecule has 0 fully saturated rings. The number of halogens is 1. The zero-order valence-electron chi connectivity index (χ0n) is 12.2. The fourth-order valence-corrected chi connectivity index (χ4v) is 2.96. The molecule has 22 heavy (non-hydrogen) atoms. The average molecular weight is 297 g/mol. The predicted octanol–water partition coefficient (Wildman–Crippen LogP) is 3.92. The van der Waals surface area contributed by atoms with Crippen LogP contribution in [0.4, 0.5) is 4.39 Å². The number of aryl methyl sites for hydroxylation is 1. The number of rotatable bonds is 4. The van der Waals surface area contributed by atoms with Gasteiger partial charge in [0.15, 0.2) is 0 Å². The molecule has 0 unspecified atom stereocenters. The van der Waals surface area contributed by atoms with Gasteiger partial charge in [0.25, 0.3) is 0 Å². The Morgan fingerprint density at radius 3 is 2.73 bits per heavy atom. The third-order valence-corrected chi connectivity index (χ3v) is 3.93. The van der Waals surface area contributed by atoms with Crippen molar-refractivity contribution in [1.82, 2.24) is 4.57 Å². The second kappa shape index (κ2) is 5.64. The van der Waals surface area contributed by atoms with E-state index < -0.39 is 5.97 Å². The third kappa shape index (κ3) is 2.60. The van der Waals surface area contributed by atoms with Crippen LogP contribution in [0.25, 0.3) is 10.9 Å². The zero-order chi connectivity index (χ0) is 15.7. The van der Waals surface area contributed by atoms with Gasteiger partial charge in [-0.3, -0.25) is 4.79 Å². The number of carboxylic acid groups (broad SMARTS) is 1. The van der Waals surface area contributed by atoms with Crippen LogP contribution in [-0.2, 0) is 11.8 Å². The molecule has 3 nitrogen and oxygen atoms in total. The summed E-state index contributed by atoms with van der Waals surface area (Å²) in [6.45, 7) is 0. The van der Waals surface area contributed by atoms with Crippen molar-refractivity contribution < 1.29 is 14.3 Å². The Bertz CT molecular complexity index is 838. The molecule has 1 N–H and O–H groups in total. The number of nitrogens with zero attached hydrogens (tertiary/aromatic N) is 1. The average Bonchev–Trinajstić information content (AvgIpc) is 2.82. The van der Waals surface area contributed by atoms with Crippen molar-refractivity contribution in [3.63, 3.8) is 0 Å². The van der Waals surface area contributed by atoms with Crippen LogP contribution in [0.15, 0.2) is 54.7 Å². The van der Waals surface area contributed by atoms with E-state index >= 15 is 0 Å². The smallest absolute Gasteiger partial charge is 0.304 e.